The van der Waals surface area contributed by atoms with Gasteiger partial charge in [-0.25, -0.2) is 8.78 Å². The molecule has 1 aromatic rings. The van der Waals surface area contributed by atoms with E-state index in [0.717, 1.165) is 23.1 Å². The van der Waals surface area contributed by atoms with E-state index in [9.17, 15) is 18.4 Å². The quantitative estimate of drug-likeness (QED) is 0.785. The van der Waals surface area contributed by atoms with Crippen molar-refractivity contribution in [1.82, 2.24) is 10.2 Å². The number of hydrogen-bond acceptors (Lipinski definition) is 3. The fourth-order valence-corrected chi connectivity index (χ4v) is 2.02. The SMILES string of the molecule is NC(=O)C1CNCCN1C(=O)c1cc(F)ccc1F. The molecule has 3 N–H and O–H groups in total. The molecule has 1 heterocycles. The van der Waals surface area contributed by atoms with Crippen LogP contribution in [0.5, 0.6) is 0 Å². The lowest BCUT2D eigenvalue weighted by molar-refractivity contribution is -0.122. The van der Waals surface area contributed by atoms with Gasteiger partial charge in [-0.1, -0.05) is 0 Å². The first-order chi connectivity index (χ1) is 9.00. The fourth-order valence-electron chi connectivity index (χ4n) is 2.02. The van der Waals surface area contributed by atoms with E-state index >= 15 is 0 Å². The number of amides is 2. The molecule has 0 aromatic heterocycles. The molecule has 2 rings (SSSR count). The maximum Gasteiger partial charge on any atom is 0.257 e. The number of halogens is 2. The third-order valence-corrected chi connectivity index (χ3v) is 2.99. The van der Waals surface area contributed by atoms with Crippen molar-refractivity contribution >= 4 is 11.8 Å². The summed E-state index contributed by atoms with van der Waals surface area (Å²) in [5.74, 6) is -2.96. The van der Waals surface area contributed by atoms with E-state index in [1.165, 1.54) is 0 Å². The van der Waals surface area contributed by atoms with Gasteiger partial charge in [0.2, 0.25) is 5.91 Å². The van der Waals surface area contributed by atoms with E-state index < -0.39 is 35.1 Å². The third kappa shape index (κ3) is 2.70. The fraction of sp³-hybridized carbons (Fsp3) is 0.333. The summed E-state index contributed by atoms with van der Waals surface area (Å²) in [6.07, 6.45) is 0. The van der Waals surface area contributed by atoms with Gasteiger partial charge in [0.05, 0.1) is 5.56 Å². The van der Waals surface area contributed by atoms with E-state index in [4.69, 9.17) is 5.73 Å². The highest BCUT2D eigenvalue weighted by Gasteiger charge is 2.32. The molecule has 0 bridgehead atoms. The number of primary amides is 1. The van der Waals surface area contributed by atoms with Gasteiger partial charge in [0.15, 0.2) is 0 Å². The summed E-state index contributed by atoms with van der Waals surface area (Å²) in [5.41, 5.74) is 4.81. The summed E-state index contributed by atoms with van der Waals surface area (Å²) < 4.78 is 26.6. The van der Waals surface area contributed by atoms with Gasteiger partial charge in [-0.2, -0.15) is 0 Å². The zero-order valence-corrected chi connectivity index (χ0v) is 10.0. The molecule has 1 aliphatic rings. The predicted molar refractivity (Wildman–Crippen MR) is 63.2 cm³/mol. The van der Waals surface area contributed by atoms with Crippen LogP contribution in [0.3, 0.4) is 0 Å². The van der Waals surface area contributed by atoms with Crippen molar-refractivity contribution in [3.63, 3.8) is 0 Å². The van der Waals surface area contributed by atoms with Crippen LogP contribution in [-0.2, 0) is 4.79 Å². The molecular weight excluding hydrogens is 256 g/mol. The first kappa shape index (κ1) is 13.4. The van der Waals surface area contributed by atoms with Gasteiger partial charge in [0.1, 0.15) is 17.7 Å². The molecule has 0 spiro atoms. The summed E-state index contributed by atoms with van der Waals surface area (Å²) in [7, 11) is 0. The van der Waals surface area contributed by atoms with Gasteiger partial charge < -0.3 is 16.0 Å². The van der Waals surface area contributed by atoms with Crippen molar-refractivity contribution in [2.24, 2.45) is 5.73 Å². The van der Waals surface area contributed by atoms with Crippen LogP contribution in [0.2, 0.25) is 0 Å². The van der Waals surface area contributed by atoms with Crippen LogP contribution in [0.25, 0.3) is 0 Å². The van der Waals surface area contributed by atoms with E-state index in [-0.39, 0.29) is 13.1 Å². The van der Waals surface area contributed by atoms with E-state index in [0.29, 0.717) is 6.54 Å². The zero-order chi connectivity index (χ0) is 14.0. The molecule has 5 nitrogen and oxygen atoms in total. The summed E-state index contributed by atoms with van der Waals surface area (Å²) in [6, 6.07) is 1.76. The van der Waals surface area contributed by atoms with Crippen molar-refractivity contribution in [3.05, 3.63) is 35.4 Å². The highest BCUT2D eigenvalue weighted by molar-refractivity contribution is 5.97. The number of nitrogens with two attached hydrogens (primary N) is 1. The second-order valence-corrected chi connectivity index (χ2v) is 4.25. The van der Waals surface area contributed by atoms with Crippen molar-refractivity contribution in [2.75, 3.05) is 19.6 Å². The van der Waals surface area contributed by atoms with Crippen molar-refractivity contribution < 1.29 is 18.4 Å². The maximum atomic E-state index is 13.6. The van der Waals surface area contributed by atoms with Gasteiger partial charge in [0, 0.05) is 19.6 Å². The van der Waals surface area contributed by atoms with Crippen LogP contribution in [0, 0.1) is 11.6 Å². The maximum absolute atomic E-state index is 13.6. The number of carbonyl (C=O) groups is 2. The average molecular weight is 269 g/mol. The number of nitrogens with zero attached hydrogens (tertiary/aromatic N) is 1. The van der Waals surface area contributed by atoms with Gasteiger partial charge in [0.25, 0.3) is 5.91 Å². The molecule has 2 amide bonds. The number of carbonyl (C=O) groups excluding carboxylic acids is 2. The van der Waals surface area contributed by atoms with Crippen LogP contribution in [0.4, 0.5) is 8.78 Å². The Morgan fingerprint density at radius 3 is 2.79 bits per heavy atom. The Labute approximate surface area is 108 Å². The van der Waals surface area contributed by atoms with E-state index in [1.54, 1.807) is 0 Å². The Morgan fingerprint density at radius 1 is 1.37 bits per heavy atom. The minimum Gasteiger partial charge on any atom is -0.368 e. The molecule has 0 saturated carbocycles. The monoisotopic (exact) mass is 269 g/mol. The van der Waals surface area contributed by atoms with Gasteiger partial charge >= 0.3 is 0 Å². The number of nitrogens with one attached hydrogen (secondary N) is 1. The second-order valence-electron chi connectivity index (χ2n) is 4.25. The van der Waals surface area contributed by atoms with Crippen LogP contribution < -0.4 is 11.1 Å². The molecule has 1 aromatic carbocycles. The standard InChI is InChI=1S/C12H13F2N3O2/c13-7-1-2-9(14)8(5-7)12(19)17-4-3-16-6-10(17)11(15)18/h1-2,5,10,16H,3-4,6H2,(H2,15,18). The predicted octanol–water partition coefficient (Wildman–Crippen LogP) is -0.136. The Kier molecular flexibility index (Phi) is 3.75. The molecular formula is C12H13F2N3O2. The first-order valence-corrected chi connectivity index (χ1v) is 5.76. The van der Waals surface area contributed by atoms with Crippen LogP contribution in [0.15, 0.2) is 18.2 Å². The van der Waals surface area contributed by atoms with Crippen LogP contribution >= 0.6 is 0 Å². The lowest BCUT2D eigenvalue weighted by atomic mass is 10.1. The lowest BCUT2D eigenvalue weighted by Gasteiger charge is -2.34. The third-order valence-electron chi connectivity index (χ3n) is 2.99. The van der Waals surface area contributed by atoms with E-state index in [1.807, 2.05) is 0 Å². The zero-order valence-electron chi connectivity index (χ0n) is 10.0. The molecule has 19 heavy (non-hydrogen) atoms. The van der Waals surface area contributed by atoms with Crippen LogP contribution in [-0.4, -0.2) is 42.4 Å². The van der Waals surface area contributed by atoms with E-state index in [2.05, 4.69) is 5.32 Å². The minimum atomic E-state index is -0.857. The van der Waals surface area contributed by atoms with Crippen molar-refractivity contribution in [2.45, 2.75) is 6.04 Å². The molecule has 1 fully saturated rings. The topological polar surface area (TPSA) is 75.4 Å². The first-order valence-electron chi connectivity index (χ1n) is 5.76. The summed E-state index contributed by atoms with van der Waals surface area (Å²) >= 11 is 0. The second kappa shape index (κ2) is 5.31. The normalized spacial score (nSPS) is 19.3. The van der Waals surface area contributed by atoms with Crippen molar-refractivity contribution in [1.29, 1.82) is 0 Å². The Morgan fingerprint density at radius 2 is 2.11 bits per heavy atom. The minimum absolute atomic E-state index is 0.206. The smallest absolute Gasteiger partial charge is 0.257 e. The molecule has 102 valence electrons. The highest BCUT2D eigenvalue weighted by atomic mass is 19.1. The molecule has 1 atom stereocenters. The van der Waals surface area contributed by atoms with Gasteiger partial charge in [-0.3, -0.25) is 9.59 Å². The Balaban J connectivity index is 2.31. The number of piperazine rings is 1. The van der Waals surface area contributed by atoms with Crippen LogP contribution in [0.1, 0.15) is 10.4 Å². The molecule has 1 saturated heterocycles. The van der Waals surface area contributed by atoms with Gasteiger partial charge in [-0.05, 0) is 18.2 Å². The summed E-state index contributed by atoms with van der Waals surface area (Å²) in [4.78, 5) is 24.6. The molecule has 0 aliphatic carbocycles. The largest absolute Gasteiger partial charge is 0.368 e. The Hall–Kier alpha value is -2.02. The summed E-state index contributed by atoms with van der Waals surface area (Å²) in [6.45, 7) is 0.882. The lowest BCUT2D eigenvalue weighted by Crippen LogP contribution is -2.58. The number of rotatable bonds is 2. The molecule has 0 radical (unpaired) electrons. The summed E-state index contributed by atoms with van der Waals surface area (Å²) in [5, 5.41) is 2.92. The highest BCUT2D eigenvalue weighted by Crippen LogP contribution is 2.15. The van der Waals surface area contributed by atoms with Gasteiger partial charge in [-0.15, -0.1) is 0 Å². The number of benzene rings is 1. The Bertz CT molecular complexity index is 522. The molecule has 7 heteroatoms. The molecule has 1 unspecified atom stereocenters. The average Bonchev–Trinajstić information content (AvgIpc) is 2.40. The number of hydrogen-bond donors (Lipinski definition) is 2. The van der Waals surface area contributed by atoms with Crippen molar-refractivity contribution in [3.8, 4) is 0 Å². The molecule has 1 aliphatic heterocycles.